The van der Waals surface area contributed by atoms with E-state index in [2.05, 4.69) is 31.1 Å². The molecule has 1 saturated carbocycles. The molecule has 1 aliphatic carbocycles. The zero-order chi connectivity index (χ0) is 14.4. The number of likely N-dealkylation sites (tertiary alicyclic amines) is 1. The van der Waals surface area contributed by atoms with Crippen molar-refractivity contribution in [3.05, 3.63) is 0 Å². The van der Waals surface area contributed by atoms with Crippen LogP contribution >= 0.6 is 0 Å². The Morgan fingerprint density at radius 3 is 2.25 bits per heavy atom. The quantitative estimate of drug-likeness (QED) is 0.764. The van der Waals surface area contributed by atoms with Crippen LogP contribution in [0.5, 0.6) is 0 Å². The molecule has 0 bridgehead atoms. The average Bonchev–Trinajstić information content (AvgIpc) is 2.73. The van der Waals surface area contributed by atoms with Gasteiger partial charge in [-0.2, -0.15) is 0 Å². The Labute approximate surface area is 126 Å². The summed E-state index contributed by atoms with van der Waals surface area (Å²) in [4.78, 5) is 2.77. The molecule has 0 aromatic carbocycles. The van der Waals surface area contributed by atoms with E-state index in [4.69, 9.17) is 0 Å². The normalized spacial score (nSPS) is 31.9. The molecule has 2 rings (SSSR count). The van der Waals surface area contributed by atoms with Crippen LogP contribution in [-0.2, 0) is 0 Å². The van der Waals surface area contributed by atoms with E-state index in [0.29, 0.717) is 5.41 Å². The molecule has 0 aromatic rings. The predicted octanol–water partition coefficient (Wildman–Crippen LogP) is 4.06. The van der Waals surface area contributed by atoms with E-state index in [-0.39, 0.29) is 0 Å². The molecule has 0 radical (unpaired) electrons. The minimum absolute atomic E-state index is 0.669. The van der Waals surface area contributed by atoms with E-state index < -0.39 is 0 Å². The first-order valence-electron chi connectivity index (χ1n) is 9.12. The van der Waals surface area contributed by atoms with Gasteiger partial charge in [0.25, 0.3) is 0 Å². The Bertz CT molecular complexity index is 263. The van der Waals surface area contributed by atoms with Crippen LogP contribution in [0, 0.1) is 11.3 Å². The second kappa shape index (κ2) is 7.79. The van der Waals surface area contributed by atoms with E-state index in [1.54, 1.807) is 0 Å². The maximum atomic E-state index is 3.60. The highest BCUT2D eigenvalue weighted by Gasteiger charge is 2.33. The fourth-order valence-electron chi connectivity index (χ4n) is 4.48. The summed E-state index contributed by atoms with van der Waals surface area (Å²) in [5, 5.41) is 3.60. The van der Waals surface area contributed by atoms with Crippen LogP contribution in [0.15, 0.2) is 0 Å². The van der Waals surface area contributed by atoms with Crippen LogP contribution in [0.25, 0.3) is 0 Å². The van der Waals surface area contributed by atoms with Crippen molar-refractivity contribution in [3.8, 4) is 0 Å². The molecule has 20 heavy (non-hydrogen) atoms. The molecule has 0 aromatic heterocycles. The molecule has 0 amide bonds. The van der Waals surface area contributed by atoms with Gasteiger partial charge in [0.05, 0.1) is 0 Å². The number of piperidine rings is 1. The zero-order valence-corrected chi connectivity index (χ0v) is 14.1. The Balaban J connectivity index is 1.84. The van der Waals surface area contributed by atoms with Gasteiger partial charge in [0, 0.05) is 12.6 Å². The molecular weight excluding hydrogens is 244 g/mol. The summed E-state index contributed by atoms with van der Waals surface area (Å²) >= 11 is 0. The highest BCUT2D eigenvalue weighted by molar-refractivity contribution is 4.87. The van der Waals surface area contributed by atoms with Crippen LogP contribution in [0.1, 0.15) is 71.6 Å². The SMILES string of the molecule is CCC1(CC)CCN(CC2CCCCCC2NC)CC1. The summed E-state index contributed by atoms with van der Waals surface area (Å²) < 4.78 is 0. The lowest BCUT2D eigenvalue weighted by Gasteiger charge is -2.42. The highest BCUT2D eigenvalue weighted by atomic mass is 15.1. The van der Waals surface area contributed by atoms with Crippen molar-refractivity contribution >= 4 is 0 Å². The lowest BCUT2D eigenvalue weighted by atomic mass is 9.74. The third-order valence-electron chi connectivity index (χ3n) is 6.44. The Morgan fingerprint density at radius 1 is 1.00 bits per heavy atom. The van der Waals surface area contributed by atoms with Crippen molar-refractivity contribution in [2.75, 3.05) is 26.7 Å². The molecule has 2 unspecified atom stereocenters. The van der Waals surface area contributed by atoms with Crippen LogP contribution in [-0.4, -0.2) is 37.6 Å². The van der Waals surface area contributed by atoms with Crippen molar-refractivity contribution in [1.29, 1.82) is 0 Å². The maximum Gasteiger partial charge on any atom is 0.0104 e. The summed E-state index contributed by atoms with van der Waals surface area (Å²) in [7, 11) is 2.17. The zero-order valence-electron chi connectivity index (χ0n) is 14.1. The number of hydrogen-bond acceptors (Lipinski definition) is 2. The predicted molar refractivity (Wildman–Crippen MR) is 88.1 cm³/mol. The number of nitrogens with one attached hydrogen (secondary N) is 1. The Morgan fingerprint density at radius 2 is 1.65 bits per heavy atom. The smallest absolute Gasteiger partial charge is 0.0104 e. The molecule has 1 saturated heterocycles. The van der Waals surface area contributed by atoms with E-state index in [1.165, 1.54) is 77.4 Å². The summed E-state index contributed by atoms with van der Waals surface area (Å²) in [6.07, 6.45) is 12.8. The van der Waals surface area contributed by atoms with Gasteiger partial charge in [-0.1, -0.05) is 46.0 Å². The summed E-state index contributed by atoms with van der Waals surface area (Å²) in [6.45, 7) is 8.81. The van der Waals surface area contributed by atoms with Gasteiger partial charge in [-0.05, 0) is 57.2 Å². The van der Waals surface area contributed by atoms with Crippen molar-refractivity contribution in [1.82, 2.24) is 10.2 Å². The lowest BCUT2D eigenvalue weighted by Crippen LogP contribution is -2.45. The van der Waals surface area contributed by atoms with Gasteiger partial charge in [0.2, 0.25) is 0 Å². The first-order valence-corrected chi connectivity index (χ1v) is 9.12. The Hall–Kier alpha value is -0.0800. The standard InChI is InChI=1S/C18H36N2/c1-4-18(5-2)11-13-20(14-12-18)15-16-9-7-6-8-10-17(16)19-3/h16-17,19H,4-15H2,1-3H3. The average molecular weight is 281 g/mol. The van der Waals surface area contributed by atoms with E-state index in [9.17, 15) is 0 Å². The number of nitrogens with zero attached hydrogens (tertiary/aromatic N) is 1. The molecule has 2 fully saturated rings. The molecule has 0 spiro atoms. The number of rotatable bonds is 5. The van der Waals surface area contributed by atoms with Gasteiger partial charge in [-0.25, -0.2) is 0 Å². The molecule has 2 aliphatic rings. The second-order valence-corrected chi connectivity index (χ2v) is 7.30. The maximum absolute atomic E-state index is 3.60. The van der Waals surface area contributed by atoms with Gasteiger partial charge in [-0.3, -0.25) is 0 Å². The first kappa shape index (κ1) is 16.3. The largest absolute Gasteiger partial charge is 0.317 e. The molecule has 2 atom stereocenters. The van der Waals surface area contributed by atoms with Crippen LogP contribution < -0.4 is 5.32 Å². The van der Waals surface area contributed by atoms with Crippen molar-refractivity contribution < 1.29 is 0 Å². The molecule has 2 nitrogen and oxygen atoms in total. The first-order chi connectivity index (χ1) is 9.73. The van der Waals surface area contributed by atoms with Gasteiger partial charge in [0.15, 0.2) is 0 Å². The van der Waals surface area contributed by atoms with Crippen LogP contribution in [0.4, 0.5) is 0 Å². The Kier molecular flexibility index (Phi) is 6.35. The van der Waals surface area contributed by atoms with Crippen LogP contribution in [0.2, 0.25) is 0 Å². The molecule has 1 N–H and O–H groups in total. The summed E-state index contributed by atoms with van der Waals surface area (Å²) in [5.74, 6) is 0.887. The van der Waals surface area contributed by atoms with E-state index >= 15 is 0 Å². The molecule has 1 heterocycles. The van der Waals surface area contributed by atoms with Crippen LogP contribution in [0.3, 0.4) is 0 Å². The van der Waals surface area contributed by atoms with E-state index in [0.717, 1.165) is 12.0 Å². The van der Waals surface area contributed by atoms with E-state index in [1.807, 2.05) is 0 Å². The van der Waals surface area contributed by atoms with Gasteiger partial charge >= 0.3 is 0 Å². The monoisotopic (exact) mass is 280 g/mol. The van der Waals surface area contributed by atoms with Gasteiger partial charge in [0.1, 0.15) is 0 Å². The molecule has 118 valence electrons. The fourth-order valence-corrected chi connectivity index (χ4v) is 4.48. The molecule has 1 aliphatic heterocycles. The summed E-state index contributed by atoms with van der Waals surface area (Å²) in [5.41, 5.74) is 0.669. The van der Waals surface area contributed by atoms with Gasteiger partial charge in [-0.15, -0.1) is 0 Å². The van der Waals surface area contributed by atoms with Crippen molar-refractivity contribution in [2.24, 2.45) is 11.3 Å². The fraction of sp³-hybridized carbons (Fsp3) is 1.00. The lowest BCUT2D eigenvalue weighted by molar-refractivity contribution is 0.0780. The highest BCUT2D eigenvalue weighted by Crippen LogP contribution is 2.38. The van der Waals surface area contributed by atoms with Crippen molar-refractivity contribution in [3.63, 3.8) is 0 Å². The number of hydrogen-bond donors (Lipinski definition) is 1. The third-order valence-corrected chi connectivity index (χ3v) is 6.44. The molecule has 2 heteroatoms. The second-order valence-electron chi connectivity index (χ2n) is 7.30. The summed E-state index contributed by atoms with van der Waals surface area (Å²) in [6, 6.07) is 0.765. The van der Waals surface area contributed by atoms with Crippen molar-refractivity contribution in [2.45, 2.75) is 77.7 Å². The minimum atomic E-state index is 0.669. The third kappa shape index (κ3) is 3.98. The van der Waals surface area contributed by atoms with Gasteiger partial charge < -0.3 is 10.2 Å². The molecular formula is C18H36N2. The topological polar surface area (TPSA) is 15.3 Å². The minimum Gasteiger partial charge on any atom is -0.317 e.